The van der Waals surface area contributed by atoms with E-state index < -0.39 is 13.3 Å². The number of nitrogens with one attached hydrogen (secondary N) is 2. The van der Waals surface area contributed by atoms with Gasteiger partial charge in [-0.05, 0) is 0 Å². The summed E-state index contributed by atoms with van der Waals surface area (Å²) in [7, 11) is -1.51. The SMILES string of the molecule is Fc1ccc(P(=S)(c2ccccc2)c2ccccc2)c(CC[PH]23CNCN(CNC2)C3)c1. The van der Waals surface area contributed by atoms with Gasteiger partial charge in [-0.1, -0.05) is 0 Å². The molecule has 7 heteroatoms. The summed E-state index contributed by atoms with van der Waals surface area (Å²) in [5.41, 5.74) is 1.09. The zero-order valence-corrected chi connectivity index (χ0v) is 20.8. The molecule has 168 valence electrons. The van der Waals surface area contributed by atoms with E-state index in [1.807, 2.05) is 18.2 Å². The second-order valence-electron chi connectivity index (χ2n) is 9.05. The Bertz CT molecular complexity index is 1070. The normalized spacial score (nSPS) is 21.1. The van der Waals surface area contributed by atoms with Crippen LogP contribution in [0.1, 0.15) is 5.56 Å². The predicted octanol–water partition coefficient (Wildman–Crippen LogP) is 3.17. The van der Waals surface area contributed by atoms with Crippen molar-refractivity contribution in [2.75, 3.05) is 38.4 Å². The molecule has 0 unspecified atom stereocenters. The average molecular weight is 486 g/mol. The standard InChI is InChI=1S/C25H30FN3P2S/c26-22-11-12-25(21(15-22)13-14-30-18-27-16-29(20-30)17-28-19-30)31(32,23-7-3-1-4-8-23)24-9-5-2-6-10-24/h1-12,15,27-28,30H,13-14,16-20H2. The van der Waals surface area contributed by atoms with Crippen molar-refractivity contribution in [3.8, 4) is 0 Å². The minimum absolute atomic E-state index is 0.171. The van der Waals surface area contributed by atoms with E-state index in [0.29, 0.717) is 0 Å². The summed E-state index contributed by atoms with van der Waals surface area (Å²) >= 11 is 6.56. The van der Waals surface area contributed by atoms with Gasteiger partial charge in [0.1, 0.15) is 0 Å². The maximum absolute atomic E-state index is 14.5. The number of aryl methyl sites for hydroxylation is 1. The molecule has 5 rings (SSSR count). The molecule has 2 aliphatic heterocycles. The third kappa shape index (κ3) is 4.35. The molecule has 2 heterocycles. The molecule has 2 saturated heterocycles. The number of benzene rings is 3. The summed E-state index contributed by atoms with van der Waals surface area (Å²) in [4.78, 5) is 2.48. The molecule has 0 saturated carbocycles. The summed E-state index contributed by atoms with van der Waals surface area (Å²) in [5.74, 6) is -0.171. The molecular formula is C25H30FN3P2S. The van der Waals surface area contributed by atoms with Crippen LogP contribution in [0.5, 0.6) is 0 Å². The summed E-state index contributed by atoms with van der Waals surface area (Å²) in [5, 5.41) is 10.7. The van der Waals surface area contributed by atoms with Crippen molar-refractivity contribution in [1.29, 1.82) is 0 Å². The molecule has 0 spiro atoms. The van der Waals surface area contributed by atoms with E-state index in [1.54, 1.807) is 12.1 Å². The Labute approximate surface area is 195 Å². The first kappa shape index (κ1) is 22.3. The van der Waals surface area contributed by atoms with Gasteiger partial charge in [-0.25, -0.2) is 0 Å². The summed E-state index contributed by atoms with van der Waals surface area (Å²) in [6.07, 6.45) is 5.51. The fourth-order valence-electron chi connectivity index (χ4n) is 5.19. The zero-order valence-electron chi connectivity index (χ0n) is 18.1. The van der Waals surface area contributed by atoms with Crippen LogP contribution in [0.2, 0.25) is 0 Å². The van der Waals surface area contributed by atoms with E-state index >= 15 is 0 Å². The van der Waals surface area contributed by atoms with Crippen molar-refractivity contribution in [1.82, 2.24) is 15.5 Å². The van der Waals surface area contributed by atoms with Gasteiger partial charge in [-0.15, -0.1) is 0 Å². The monoisotopic (exact) mass is 485 g/mol. The van der Waals surface area contributed by atoms with Gasteiger partial charge in [0.25, 0.3) is 0 Å². The Hall–Kier alpha value is -1.45. The Morgan fingerprint density at radius 2 is 1.47 bits per heavy atom. The fraction of sp³-hybridized carbons (Fsp3) is 0.280. The molecule has 0 atom stereocenters. The number of hydrogen-bond acceptors (Lipinski definition) is 4. The minimum atomic E-state index is -2.29. The predicted molar refractivity (Wildman–Crippen MR) is 142 cm³/mol. The van der Waals surface area contributed by atoms with E-state index in [-0.39, 0.29) is 5.82 Å². The summed E-state index contributed by atoms with van der Waals surface area (Å²) in [6.45, 7) is 1.94. The van der Waals surface area contributed by atoms with Gasteiger partial charge in [0.2, 0.25) is 0 Å². The molecule has 2 aliphatic rings. The van der Waals surface area contributed by atoms with Gasteiger partial charge in [0.05, 0.1) is 0 Å². The first-order valence-corrected chi connectivity index (χ1v) is 16.9. The second kappa shape index (κ2) is 9.43. The van der Waals surface area contributed by atoms with Crippen molar-refractivity contribution >= 4 is 41.0 Å². The van der Waals surface area contributed by atoms with Crippen molar-refractivity contribution in [2.24, 2.45) is 0 Å². The van der Waals surface area contributed by atoms with Gasteiger partial charge in [0.15, 0.2) is 0 Å². The van der Waals surface area contributed by atoms with Gasteiger partial charge < -0.3 is 0 Å². The van der Waals surface area contributed by atoms with Crippen LogP contribution in [0.25, 0.3) is 0 Å². The topological polar surface area (TPSA) is 27.3 Å². The first-order chi connectivity index (χ1) is 15.6. The van der Waals surface area contributed by atoms with Gasteiger partial charge in [-0.2, -0.15) is 0 Å². The van der Waals surface area contributed by atoms with E-state index in [2.05, 4.69) is 64.1 Å². The molecule has 2 fully saturated rings. The number of rotatable bonds is 6. The molecular weight excluding hydrogens is 455 g/mol. The average Bonchev–Trinajstić information content (AvgIpc) is 2.84. The van der Waals surface area contributed by atoms with Crippen molar-refractivity contribution < 1.29 is 4.39 Å². The molecule has 3 aromatic rings. The summed E-state index contributed by atoms with van der Waals surface area (Å²) in [6, 6.07) is 23.9. The molecule has 3 nitrogen and oxygen atoms in total. The van der Waals surface area contributed by atoms with Crippen LogP contribution in [-0.2, 0) is 18.2 Å². The maximum atomic E-state index is 14.5. The Morgan fingerprint density at radius 1 is 0.875 bits per heavy atom. The number of fused-ring (bicyclic) bond motifs is 2. The molecule has 0 aromatic heterocycles. The van der Waals surface area contributed by atoms with Crippen LogP contribution in [0.3, 0.4) is 0 Å². The van der Waals surface area contributed by atoms with E-state index in [9.17, 15) is 4.39 Å². The van der Waals surface area contributed by atoms with Crippen LogP contribution < -0.4 is 26.5 Å². The molecule has 0 radical (unpaired) electrons. The Balaban J connectivity index is 1.56. The first-order valence-electron chi connectivity index (χ1n) is 11.2. The van der Waals surface area contributed by atoms with Crippen LogP contribution in [0, 0.1) is 5.82 Å². The molecule has 32 heavy (non-hydrogen) atoms. The Morgan fingerprint density at radius 3 is 2.06 bits per heavy atom. The number of nitrogens with zero attached hydrogens (tertiary/aromatic N) is 1. The molecule has 3 aromatic carbocycles. The number of halogens is 1. The van der Waals surface area contributed by atoms with Crippen LogP contribution in [0.4, 0.5) is 4.39 Å². The molecule has 0 amide bonds. The van der Waals surface area contributed by atoms with Gasteiger partial charge in [0, 0.05) is 0 Å². The summed E-state index contributed by atoms with van der Waals surface area (Å²) < 4.78 is 14.5. The van der Waals surface area contributed by atoms with Crippen LogP contribution in [0.15, 0.2) is 78.9 Å². The van der Waals surface area contributed by atoms with Crippen LogP contribution in [-0.4, -0.2) is 43.3 Å². The molecule has 0 aliphatic carbocycles. The second-order valence-corrected chi connectivity index (χ2v) is 18.0. The molecule has 2 N–H and O–H groups in total. The van der Waals surface area contributed by atoms with E-state index in [4.69, 9.17) is 11.8 Å². The van der Waals surface area contributed by atoms with E-state index in [1.165, 1.54) is 6.29 Å². The quantitative estimate of drug-likeness (QED) is 0.525. The third-order valence-electron chi connectivity index (χ3n) is 6.77. The van der Waals surface area contributed by atoms with Gasteiger partial charge >= 0.3 is 196 Å². The fourth-order valence-corrected chi connectivity index (χ4v) is 13.5. The van der Waals surface area contributed by atoms with Crippen molar-refractivity contribution in [2.45, 2.75) is 6.42 Å². The van der Waals surface area contributed by atoms with Crippen molar-refractivity contribution in [3.63, 3.8) is 0 Å². The Kier molecular flexibility index (Phi) is 6.58. The van der Waals surface area contributed by atoms with Crippen molar-refractivity contribution in [3.05, 3.63) is 90.2 Å². The number of hydrogen-bond donors (Lipinski definition) is 2. The zero-order chi connectivity index (χ0) is 22.0. The van der Waals surface area contributed by atoms with Gasteiger partial charge in [-0.3, -0.25) is 0 Å². The third-order valence-corrected chi connectivity index (χ3v) is 16.2. The molecule has 2 bridgehead atoms. The van der Waals surface area contributed by atoms with Crippen LogP contribution >= 0.6 is 13.3 Å². The van der Waals surface area contributed by atoms with E-state index in [0.717, 1.165) is 60.0 Å².